The van der Waals surface area contributed by atoms with E-state index in [4.69, 9.17) is 18.9 Å². The van der Waals surface area contributed by atoms with Crippen molar-refractivity contribution < 1.29 is 28.7 Å². The number of methoxy groups -OCH3 is 3. The molecule has 10 heteroatoms. The Labute approximate surface area is 178 Å². The van der Waals surface area contributed by atoms with Crippen molar-refractivity contribution in [2.75, 3.05) is 32.9 Å². The predicted octanol–water partition coefficient (Wildman–Crippen LogP) is 3.40. The van der Waals surface area contributed by atoms with Gasteiger partial charge in [0.25, 0.3) is 11.6 Å². The maximum absolute atomic E-state index is 13.1. The molecular formula is C21H21N3O7. The number of benzene rings is 2. The lowest BCUT2D eigenvalue weighted by Gasteiger charge is -2.13. The van der Waals surface area contributed by atoms with Crippen LogP contribution in [0.15, 0.2) is 47.1 Å². The Balaban J connectivity index is 2.04. The molecule has 10 nitrogen and oxygen atoms in total. The van der Waals surface area contributed by atoms with Crippen molar-refractivity contribution in [3.8, 4) is 17.2 Å². The van der Waals surface area contributed by atoms with E-state index in [0.717, 1.165) is 5.01 Å². The quantitative estimate of drug-likeness (QED) is 0.378. The van der Waals surface area contributed by atoms with E-state index < -0.39 is 10.8 Å². The number of anilines is 1. The molecular weight excluding hydrogens is 406 g/mol. The van der Waals surface area contributed by atoms with Crippen LogP contribution in [0, 0.1) is 10.1 Å². The second kappa shape index (κ2) is 9.16. The Hall–Kier alpha value is -4.08. The molecule has 0 saturated heterocycles. The summed E-state index contributed by atoms with van der Waals surface area (Å²) in [5.41, 5.74) is 1.04. The van der Waals surface area contributed by atoms with E-state index in [1.807, 2.05) is 0 Å². The zero-order chi connectivity index (χ0) is 22.5. The fraction of sp³-hybridized carbons (Fsp3) is 0.238. The highest BCUT2D eigenvalue weighted by molar-refractivity contribution is 6.30. The molecule has 0 saturated carbocycles. The Morgan fingerprint density at radius 3 is 2.19 bits per heavy atom. The highest BCUT2D eigenvalue weighted by Crippen LogP contribution is 2.36. The SMILES string of the molecule is CCOC1=NN(c2ccc([N+](=O)[O-])cc2)C(=O)C1=Cc1cc(OC)c(OC)cc1OC. The third kappa shape index (κ3) is 4.27. The monoisotopic (exact) mass is 427 g/mol. The van der Waals surface area contributed by atoms with Crippen molar-refractivity contribution in [1.29, 1.82) is 0 Å². The van der Waals surface area contributed by atoms with Gasteiger partial charge in [-0.3, -0.25) is 14.9 Å². The Kier molecular flexibility index (Phi) is 6.39. The summed E-state index contributed by atoms with van der Waals surface area (Å²) in [6.07, 6.45) is 1.59. The number of nitrogens with zero attached hydrogens (tertiary/aromatic N) is 3. The topological polar surface area (TPSA) is 113 Å². The van der Waals surface area contributed by atoms with Crippen molar-refractivity contribution in [3.05, 3.63) is 57.6 Å². The van der Waals surface area contributed by atoms with Crippen LogP contribution in [-0.2, 0) is 9.53 Å². The number of carbonyl (C=O) groups is 1. The molecule has 2 aromatic rings. The number of hydrogen-bond acceptors (Lipinski definition) is 8. The van der Waals surface area contributed by atoms with E-state index in [1.165, 1.54) is 45.6 Å². The van der Waals surface area contributed by atoms with Crippen LogP contribution in [0.25, 0.3) is 6.08 Å². The minimum absolute atomic E-state index is 0.0877. The number of ether oxygens (including phenoxy) is 4. The van der Waals surface area contributed by atoms with Gasteiger partial charge in [-0.15, -0.1) is 5.10 Å². The number of hydrazone groups is 1. The van der Waals surface area contributed by atoms with E-state index in [1.54, 1.807) is 25.1 Å². The molecule has 0 aromatic heterocycles. The second-order valence-corrected chi connectivity index (χ2v) is 6.24. The van der Waals surface area contributed by atoms with E-state index >= 15 is 0 Å². The summed E-state index contributed by atoms with van der Waals surface area (Å²) in [6.45, 7) is 2.07. The lowest BCUT2D eigenvalue weighted by Crippen LogP contribution is -2.21. The average molecular weight is 427 g/mol. The minimum Gasteiger partial charge on any atom is -0.496 e. The van der Waals surface area contributed by atoms with Gasteiger partial charge >= 0.3 is 0 Å². The molecule has 162 valence electrons. The fourth-order valence-electron chi connectivity index (χ4n) is 2.97. The van der Waals surface area contributed by atoms with Crippen LogP contribution in [-0.4, -0.2) is 44.7 Å². The molecule has 0 fully saturated rings. The molecule has 1 aliphatic heterocycles. The van der Waals surface area contributed by atoms with Gasteiger partial charge < -0.3 is 18.9 Å². The molecule has 2 aromatic carbocycles. The molecule has 1 heterocycles. The predicted molar refractivity (Wildman–Crippen MR) is 114 cm³/mol. The number of hydrogen-bond donors (Lipinski definition) is 0. The fourth-order valence-corrected chi connectivity index (χ4v) is 2.97. The lowest BCUT2D eigenvalue weighted by atomic mass is 10.1. The number of nitro benzene ring substituents is 1. The Morgan fingerprint density at radius 1 is 1.03 bits per heavy atom. The zero-order valence-corrected chi connectivity index (χ0v) is 17.4. The molecule has 1 aliphatic rings. The van der Waals surface area contributed by atoms with Crippen LogP contribution < -0.4 is 19.2 Å². The minimum atomic E-state index is -0.515. The first-order valence-corrected chi connectivity index (χ1v) is 9.25. The van der Waals surface area contributed by atoms with Gasteiger partial charge in [0.05, 0.1) is 38.5 Å². The summed E-state index contributed by atoms with van der Waals surface area (Å²) in [4.78, 5) is 23.5. The first kappa shape index (κ1) is 21.6. The Bertz CT molecular complexity index is 1060. The third-order valence-corrected chi connectivity index (χ3v) is 4.47. The van der Waals surface area contributed by atoms with Crippen molar-refractivity contribution in [3.63, 3.8) is 0 Å². The van der Waals surface area contributed by atoms with Crippen LogP contribution in [0.5, 0.6) is 17.2 Å². The van der Waals surface area contributed by atoms with Crippen LogP contribution in [0.3, 0.4) is 0 Å². The van der Waals surface area contributed by atoms with Gasteiger partial charge in [-0.05, 0) is 31.2 Å². The smallest absolute Gasteiger partial charge is 0.284 e. The number of carbonyl (C=O) groups excluding carboxylic acids is 1. The first-order chi connectivity index (χ1) is 14.9. The number of nitro groups is 1. The summed E-state index contributed by atoms with van der Waals surface area (Å²) < 4.78 is 21.6. The molecule has 0 aliphatic carbocycles. The van der Waals surface area contributed by atoms with E-state index in [2.05, 4.69) is 5.10 Å². The number of amides is 1. The molecule has 3 rings (SSSR count). The molecule has 31 heavy (non-hydrogen) atoms. The van der Waals surface area contributed by atoms with Crippen LogP contribution >= 0.6 is 0 Å². The normalized spacial score (nSPS) is 14.5. The molecule has 1 amide bonds. The first-order valence-electron chi connectivity index (χ1n) is 9.25. The largest absolute Gasteiger partial charge is 0.496 e. The van der Waals surface area contributed by atoms with Crippen molar-refractivity contribution in [2.45, 2.75) is 6.92 Å². The maximum atomic E-state index is 13.1. The third-order valence-electron chi connectivity index (χ3n) is 4.47. The average Bonchev–Trinajstić information content (AvgIpc) is 3.08. The molecule has 0 radical (unpaired) electrons. The highest BCUT2D eigenvalue weighted by atomic mass is 16.6. The molecule has 0 atom stereocenters. The number of non-ortho nitro benzene ring substituents is 1. The number of rotatable bonds is 7. The lowest BCUT2D eigenvalue weighted by molar-refractivity contribution is -0.384. The standard InChI is InChI=1S/C21H21N3O7/c1-5-31-20-16(10-13-11-18(29-3)19(30-4)12-17(13)28-2)21(25)23(22-20)14-6-8-15(9-7-14)24(26)27/h6-12H,5H2,1-4H3. The van der Waals surface area contributed by atoms with Crippen LogP contribution in [0.4, 0.5) is 11.4 Å². The molecule has 0 N–H and O–H groups in total. The van der Waals surface area contributed by atoms with Gasteiger partial charge in [0.1, 0.15) is 11.3 Å². The van der Waals surface area contributed by atoms with E-state index in [0.29, 0.717) is 35.1 Å². The summed E-state index contributed by atoms with van der Waals surface area (Å²) in [5, 5.41) is 16.3. The molecule has 0 spiro atoms. The summed E-state index contributed by atoms with van der Waals surface area (Å²) in [7, 11) is 4.52. The van der Waals surface area contributed by atoms with Gasteiger partial charge in [0, 0.05) is 23.8 Å². The van der Waals surface area contributed by atoms with Gasteiger partial charge in [-0.25, -0.2) is 0 Å². The summed E-state index contributed by atoms with van der Waals surface area (Å²) in [6, 6.07) is 8.83. The van der Waals surface area contributed by atoms with Crippen molar-refractivity contribution in [1.82, 2.24) is 0 Å². The van der Waals surface area contributed by atoms with Gasteiger partial charge in [0.15, 0.2) is 11.5 Å². The molecule has 0 bridgehead atoms. The maximum Gasteiger partial charge on any atom is 0.284 e. The van der Waals surface area contributed by atoms with E-state index in [9.17, 15) is 14.9 Å². The molecule has 0 unspecified atom stereocenters. The Morgan fingerprint density at radius 2 is 1.65 bits per heavy atom. The van der Waals surface area contributed by atoms with Crippen molar-refractivity contribution in [2.24, 2.45) is 5.10 Å². The van der Waals surface area contributed by atoms with Crippen LogP contribution in [0.2, 0.25) is 0 Å². The van der Waals surface area contributed by atoms with Gasteiger partial charge in [-0.1, -0.05) is 0 Å². The van der Waals surface area contributed by atoms with Gasteiger partial charge in [-0.2, -0.15) is 5.01 Å². The van der Waals surface area contributed by atoms with Crippen LogP contribution in [0.1, 0.15) is 12.5 Å². The van der Waals surface area contributed by atoms with E-state index in [-0.39, 0.29) is 17.2 Å². The van der Waals surface area contributed by atoms with Gasteiger partial charge in [0.2, 0.25) is 5.90 Å². The second-order valence-electron chi connectivity index (χ2n) is 6.24. The highest BCUT2D eigenvalue weighted by Gasteiger charge is 2.33. The van der Waals surface area contributed by atoms with Crippen molar-refractivity contribution >= 4 is 29.3 Å². The summed E-state index contributed by atoms with van der Waals surface area (Å²) in [5.74, 6) is 1.08. The zero-order valence-electron chi connectivity index (χ0n) is 17.4. The summed E-state index contributed by atoms with van der Waals surface area (Å²) >= 11 is 0.